The summed E-state index contributed by atoms with van der Waals surface area (Å²) in [7, 11) is 1.96. The van der Waals surface area contributed by atoms with Gasteiger partial charge in [-0.25, -0.2) is 4.79 Å². The van der Waals surface area contributed by atoms with E-state index < -0.39 is 5.97 Å². The van der Waals surface area contributed by atoms with Crippen molar-refractivity contribution in [2.24, 2.45) is 5.92 Å². The lowest BCUT2D eigenvalue weighted by atomic mass is 9.86. The fraction of sp³-hybridized carbons (Fsp3) is 0.357. The van der Waals surface area contributed by atoms with E-state index in [1.54, 1.807) is 0 Å². The van der Waals surface area contributed by atoms with Crippen LogP contribution in [0, 0.1) is 5.92 Å². The number of carboxylic acids is 1. The van der Waals surface area contributed by atoms with E-state index in [1.807, 2.05) is 37.4 Å². The minimum absolute atomic E-state index is 0.252. The van der Waals surface area contributed by atoms with Crippen LogP contribution in [0.25, 0.3) is 5.57 Å². The third kappa shape index (κ3) is 2.39. The Balaban J connectivity index is 2.52. The quantitative estimate of drug-likeness (QED) is 0.847. The molecule has 1 heterocycles. The number of carbonyl (C=O) groups is 1. The third-order valence-corrected chi connectivity index (χ3v) is 3.17. The second-order valence-corrected chi connectivity index (χ2v) is 4.66. The lowest BCUT2D eigenvalue weighted by molar-refractivity contribution is -0.133. The highest BCUT2D eigenvalue weighted by Gasteiger charge is 2.27. The molecule has 1 atom stereocenters. The molecule has 17 heavy (non-hydrogen) atoms. The Morgan fingerprint density at radius 1 is 1.35 bits per heavy atom. The number of carboxylic acid groups (broad SMARTS) is 1. The predicted molar refractivity (Wildman–Crippen MR) is 67.7 cm³/mol. The van der Waals surface area contributed by atoms with Gasteiger partial charge in [0.25, 0.3) is 0 Å². The number of rotatable bonds is 2. The average Bonchev–Trinajstić information content (AvgIpc) is 2.29. The maximum atomic E-state index is 11.3. The molecular weight excluding hydrogens is 214 g/mol. The van der Waals surface area contributed by atoms with Crippen LogP contribution in [0.2, 0.25) is 0 Å². The summed E-state index contributed by atoms with van der Waals surface area (Å²) in [5.41, 5.74) is 2.54. The fourth-order valence-corrected chi connectivity index (χ4v) is 2.54. The molecule has 0 saturated heterocycles. The normalized spacial score (nSPS) is 21.6. The monoisotopic (exact) mass is 231 g/mol. The van der Waals surface area contributed by atoms with Gasteiger partial charge in [0.2, 0.25) is 0 Å². The van der Waals surface area contributed by atoms with Crippen molar-refractivity contribution < 1.29 is 9.90 Å². The van der Waals surface area contributed by atoms with Crippen molar-refractivity contribution in [3.8, 4) is 0 Å². The Labute approximate surface area is 101 Å². The van der Waals surface area contributed by atoms with Gasteiger partial charge in [-0.15, -0.1) is 0 Å². The van der Waals surface area contributed by atoms with E-state index in [9.17, 15) is 9.90 Å². The highest BCUT2D eigenvalue weighted by Crippen LogP contribution is 2.31. The van der Waals surface area contributed by atoms with Crippen molar-refractivity contribution >= 4 is 11.5 Å². The lowest BCUT2D eigenvalue weighted by Gasteiger charge is -2.31. The molecule has 2 rings (SSSR count). The van der Waals surface area contributed by atoms with Crippen LogP contribution >= 0.6 is 0 Å². The largest absolute Gasteiger partial charge is 0.478 e. The van der Waals surface area contributed by atoms with Crippen LogP contribution in [0.5, 0.6) is 0 Å². The zero-order valence-electron chi connectivity index (χ0n) is 10.2. The summed E-state index contributed by atoms with van der Waals surface area (Å²) in [6.45, 7) is 3.51. The smallest absolute Gasteiger partial charge is 0.333 e. The van der Waals surface area contributed by atoms with Crippen LogP contribution in [0.4, 0.5) is 0 Å². The molecule has 0 aliphatic carbocycles. The molecule has 3 nitrogen and oxygen atoms in total. The highest BCUT2D eigenvalue weighted by molar-refractivity contribution is 5.97. The second kappa shape index (κ2) is 4.72. The molecule has 1 N–H and O–H groups in total. The van der Waals surface area contributed by atoms with E-state index >= 15 is 0 Å². The standard InChI is InChI=1S/C14H17NO2/c1-10-8-15(2)9-12(14(16)17)13(10)11-6-4-3-5-7-11/h3-7,10H,8-9H2,1-2H3,(H,16,17). The van der Waals surface area contributed by atoms with Crippen LogP contribution in [0.1, 0.15) is 12.5 Å². The maximum Gasteiger partial charge on any atom is 0.333 e. The summed E-state index contributed by atoms with van der Waals surface area (Å²) in [5.74, 6) is -0.551. The molecule has 0 aromatic heterocycles. The van der Waals surface area contributed by atoms with Gasteiger partial charge in [0.15, 0.2) is 0 Å². The zero-order valence-corrected chi connectivity index (χ0v) is 10.2. The van der Waals surface area contributed by atoms with Gasteiger partial charge in [-0.1, -0.05) is 37.3 Å². The van der Waals surface area contributed by atoms with Gasteiger partial charge in [0, 0.05) is 13.1 Å². The molecule has 0 radical (unpaired) electrons. The SMILES string of the molecule is CC1CN(C)CC(C(=O)O)=C1c1ccccc1. The van der Waals surface area contributed by atoms with Crippen molar-refractivity contribution in [1.29, 1.82) is 0 Å². The topological polar surface area (TPSA) is 40.5 Å². The first-order valence-electron chi connectivity index (χ1n) is 5.80. The number of nitrogens with zero attached hydrogens (tertiary/aromatic N) is 1. The van der Waals surface area contributed by atoms with Crippen LogP contribution in [0.15, 0.2) is 35.9 Å². The van der Waals surface area contributed by atoms with Crippen LogP contribution < -0.4 is 0 Å². The van der Waals surface area contributed by atoms with E-state index in [-0.39, 0.29) is 5.92 Å². The molecule has 90 valence electrons. The van der Waals surface area contributed by atoms with Gasteiger partial charge < -0.3 is 10.0 Å². The molecule has 0 saturated carbocycles. The predicted octanol–water partition coefficient (Wildman–Crippen LogP) is 2.11. The highest BCUT2D eigenvalue weighted by atomic mass is 16.4. The Hall–Kier alpha value is -1.61. The summed E-state index contributed by atoms with van der Waals surface area (Å²) in [6, 6.07) is 9.82. The lowest BCUT2D eigenvalue weighted by Crippen LogP contribution is -2.35. The molecule has 1 aliphatic heterocycles. The summed E-state index contributed by atoms with van der Waals surface area (Å²) in [4.78, 5) is 13.4. The van der Waals surface area contributed by atoms with E-state index in [2.05, 4.69) is 11.8 Å². The first-order chi connectivity index (χ1) is 8.09. The molecule has 1 aromatic rings. The van der Waals surface area contributed by atoms with E-state index in [0.29, 0.717) is 12.1 Å². The van der Waals surface area contributed by atoms with Crippen molar-refractivity contribution in [2.75, 3.05) is 20.1 Å². The fourth-order valence-electron chi connectivity index (χ4n) is 2.54. The van der Waals surface area contributed by atoms with Gasteiger partial charge in [0.1, 0.15) is 0 Å². The zero-order chi connectivity index (χ0) is 12.4. The third-order valence-electron chi connectivity index (χ3n) is 3.17. The van der Waals surface area contributed by atoms with Crippen LogP contribution in [-0.2, 0) is 4.79 Å². The van der Waals surface area contributed by atoms with Crippen LogP contribution in [-0.4, -0.2) is 36.1 Å². The molecule has 0 spiro atoms. The van der Waals surface area contributed by atoms with E-state index in [4.69, 9.17) is 0 Å². The van der Waals surface area contributed by atoms with Crippen molar-refractivity contribution in [2.45, 2.75) is 6.92 Å². The molecule has 1 aliphatic rings. The molecule has 0 bridgehead atoms. The molecule has 3 heteroatoms. The summed E-state index contributed by atoms with van der Waals surface area (Å²) < 4.78 is 0. The number of aliphatic carboxylic acids is 1. The summed E-state index contributed by atoms with van der Waals surface area (Å²) in [5, 5.41) is 9.32. The first-order valence-corrected chi connectivity index (χ1v) is 5.80. The van der Waals surface area contributed by atoms with E-state index in [1.165, 1.54) is 0 Å². The van der Waals surface area contributed by atoms with Crippen LogP contribution in [0.3, 0.4) is 0 Å². The second-order valence-electron chi connectivity index (χ2n) is 4.66. The van der Waals surface area contributed by atoms with Crippen molar-refractivity contribution in [3.63, 3.8) is 0 Å². The van der Waals surface area contributed by atoms with Gasteiger partial charge >= 0.3 is 5.97 Å². The van der Waals surface area contributed by atoms with Crippen molar-refractivity contribution in [3.05, 3.63) is 41.5 Å². The average molecular weight is 231 g/mol. The number of hydrogen-bond acceptors (Lipinski definition) is 2. The van der Waals surface area contributed by atoms with Crippen molar-refractivity contribution in [1.82, 2.24) is 4.90 Å². The van der Waals surface area contributed by atoms with Gasteiger partial charge in [-0.05, 0) is 24.1 Å². The molecule has 1 aromatic carbocycles. The minimum Gasteiger partial charge on any atom is -0.478 e. The summed E-state index contributed by atoms with van der Waals surface area (Å²) >= 11 is 0. The van der Waals surface area contributed by atoms with Gasteiger partial charge in [-0.3, -0.25) is 0 Å². The number of likely N-dealkylation sites (N-methyl/N-ethyl adjacent to an activating group) is 1. The van der Waals surface area contributed by atoms with E-state index in [0.717, 1.165) is 17.7 Å². The Bertz CT molecular complexity index is 451. The maximum absolute atomic E-state index is 11.3. The first kappa shape index (κ1) is 11.9. The van der Waals surface area contributed by atoms with Gasteiger partial charge in [0.05, 0.1) is 5.57 Å². The Kier molecular flexibility index (Phi) is 3.29. The summed E-state index contributed by atoms with van der Waals surface area (Å²) in [6.07, 6.45) is 0. The molecular formula is C14H17NO2. The minimum atomic E-state index is -0.803. The molecule has 0 amide bonds. The molecule has 1 unspecified atom stereocenters. The number of benzene rings is 1. The molecule has 0 fully saturated rings. The number of hydrogen-bond donors (Lipinski definition) is 1. The Morgan fingerprint density at radius 2 is 2.00 bits per heavy atom. The Morgan fingerprint density at radius 3 is 2.59 bits per heavy atom. The van der Waals surface area contributed by atoms with Gasteiger partial charge in [-0.2, -0.15) is 0 Å².